The Labute approximate surface area is 151 Å². The fourth-order valence-corrected chi connectivity index (χ4v) is 2.61. The molecular formula is C19H12F3NO4. The van der Waals surface area contributed by atoms with Gasteiger partial charge in [0, 0.05) is 5.56 Å². The van der Waals surface area contributed by atoms with Gasteiger partial charge in [0.1, 0.15) is 17.1 Å². The second kappa shape index (κ2) is 6.64. The lowest BCUT2D eigenvalue weighted by Gasteiger charge is -2.15. The molecule has 0 bridgehead atoms. The van der Waals surface area contributed by atoms with Crippen LogP contribution in [0.25, 0.3) is 22.4 Å². The van der Waals surface area contributed by atoms with Gasteiger partial charge in [0.2, 0.25) is 0 Å². The van der Waals surface area contributed by atoms with Gasteiger partial charge in [-0.15, -0.1) is 0 Å². The summed E-state index contributed by atoms with van der Waals surface area (Å²) in [5.74, 6) is -2.07. The van der Waals surface area contributed by atoms with Gasteiger partial charge in [0.25, 0.3) is 0 Å². The Balaban J connectivity index is 2.16. The van der Waals surface area contributed by atoms with E-state index in [2.05, 4.69) is 4.98 Å². The number of pyridine rings is 1. The van der Waals surface area contributed by atoms with E-state index in [1.807, 2.05) is 0 Å². The van der Waals surface area contributed by atoms with Gasteiger partial charge >= 0.3 is 12.1 Å². The number of phenols is 1. The Bertz CT molecular complexity index is 1010. The molecule has 5 nitrogen and oxygen atoms in total. The van der Waals surface area contributed by atoms with Crippen molar-refractivity contribution < 1.29 is 33.3 Å². The minimum absolute atomic E-state index is 0.0204. The van der Waals surface area contributed by atoms with Gasteiger partial charge in [-0.2, -0.15) is 13.2 Å². The number of benzene rings is 2. The summed E-state index contributed by atoms with van der Waals surface area (Å²) in [7, 11) is 0. The number of halogens is 3. The predicted octanol–water partition coefficient (Wildman–Crippen LogP) is 4.54. The molecule has 8 heteroatoms. The minimum Gasteiger partial charge on any atom is -0.508 e. The molecule has 3 aromatic rings. The molecule has 0 spiro atoms. The van der Waals surface area contributed by atoms with Crippen LogP contribution in [0.1, 0.15) is 15.9 Å². The van der Waals surface area contributed by atoms with Crippen molar-refractivity contribution in [3.8, 4) is 33.9 Å². The summed E-state index contributed by atoms with van der Waals surface area (Å²) in [5, 5.41) is 27.9. The zero-order valence-corrected chi connectivity index (χ0v) is 13.5. The highest BCUT2D eigenvalue weighted by Crippen LogP contribution is 2.39. The zero-order valence-electron chi connectivity index (χ0n) is 13.5. The average molecular weight is 375 g/mol. The number of nitrogens with zero attached hydrogens (tertiary/aromatic N) is 1. The van der Waals surface area contributed by atoms with Gasteiger partial charge < -0.3 is 15.3 Å². The van der Waals surface area contributed by atoms with E-state index in [0.717, 1.165) is 18.3 Å². The third kappa shape index (κ3) is 3.69. The van der Waals surface area contributed by atoms with E-state index >= 15 is 0 Å². The summed E-state index contributed by atoms with van der Waals surface area (Å²) in [5.41, 5.74) is -1.20. The van der Waals surface area contributed by atoms with Crippen molar-refractivity contribution in [2.75, 3.05) is 0 Å². The van der Waals surface area contributed by atoms with Crippen LogP contribution in [-0.2, 0) is 6.18 Å². The maximum Gasteiger partial charge on any atom is 0.417 e. The molecule has 3 rings (SSSR count). The van der Waals surface area contributed by atoms with Crippen LogP contribution in [0.3, 0.4) is 0 Å². The summed E-state index contributed by atoms with van der Waals surface area (Å²) in [6.45, 7) is 0. The van der Waals surface area contributed by atoms with Crippen LogP contribution in [0.5, 0.6) is 11.5 Å². The third-order valence-corrected chi connectivity index (χ3v) is 3.91. The number of carbonyl (C=O) groups is 1. The molecule has 3 N–H and O–H groups in total. The summed E-state index contributed by atoms with van der Waals surface area (Å²) in [6, 6.07) is 9.79. The second-order valence-corrected chi connectivity index (χ2v) is 5.70. The van der Waals surface area contributed by atoms with Gasteiger partial charge in [-0.3, -0.25) is 4.98 Å². The van der Waals surface area contributed by atoms with Crippen LogP contribution in [0.4, 0.5) is 13.2 Å². The molecule has 0 saturated carbocycles. The molecule has 0 radical (unpaired) electrons. The molecular weight excluding hydrogens is 363 g/mol. The molecule has 0 aliphatic carbocycles. The van der Waals surface area contributed by atoms with Crippen LogP contribution < -0.4 is 0 Å². The SMILES string of the molecule is O=C(O)c1cc(-c2ccc(-c3ccc(O)cc3)c(C(F)(F)F)c2)ncc1O. The summed E-state index contributed by atoms with van der Waals surface area (Å²) in [6.07, 6.45) is -3.80. The van der Waals surface area contributed by atoms with Crippen molar-refractivity contribution in [2.24, 2.45) is 0 Å². The average Bonchev–Trinajstić information content (AvgIpc) is 2.61. The number of carboxylic acid groups (broad SMARTS) is 1. The molecule has 27 heavy (non-hydrogen) atoms. The van der Waals surface area contributed by atoms with Crippen molar-refractivity contribution >= 4 is 5.97 Å². The molecule has 0 aliphatic rings. The van der Waals surface area contributed by atoms with E-state index in [9.17, 15) is 28.2 Å². The van der Waals surface area contributed by atoms with E-state index in [0.29, 0.717) is 0 Å². The maximum absolute atomic E-state index is 13.6. The van der Waals surface area contributed by atoms with Gasteiger partial charge in [-0.1, -0.05) is 24.3 Å². The molecule has 2 aromatic carbocycles. The van der Waals surface area contributed by atoms with E-state index in [1.54, 1.807) is 0 Å². The van der Waals surface area contributed by atoms with Gasteiger partial charge in [-0.25, -0.2) is 4.79 Å². The largest absolute Gasteiger partial charge is 0.508 e. The molecule has 0 saturated heterocycles. The summed E-state index contributed by atoms with van der Waals surface area (Å²) < 4.78 is 40.7. The first-order valence-corrected chi connectivity index (χ1v) is 7.60. The smallest absolute Gasteiger partial charge is 0.417 e. The highest BCUT2D eigenvalue weighted by molar-refractivity contribution is 5.92. The number of hydrogen-bond donors (Lipinski definition) is 3. The lowest BCUT2D eigenvalue weighted by Crippen LogP contribution is -2.08. The van der Waals surface area contributed by atoms with Gasteiger partial charge in [0.05, 0.1) is 17.5 Å². The van der Waals surface area contributed by atoms with Crippen LogP contribution in [0.15, 0.2) is 54.7 Å². The van der Waals surface area contributed by atoms with Crippen LogP contribution >= 0.6 is 0 Å². The van der Waals surface area contributed by atoms with E-state index < -0.39 is 29.0 Å². The Morgan fingerprint density at radius 3 is 2.15 bits per heavy atom. The lowest BCUT2D eigenvalue weighted by molar-refractivity contribution is -0.137. The van der Waals surface area contributed by atoms with Crippen molar-refractivity contribution in [2.45, 2.75) is 6.18 Å². The number of carboxylic acids is 1. The number of alkyl halides is 3. The third-order valence-electron chi connectivity index (χ3n) is 3.91. The van der Waals surface area contributed by atoms with Gasteiger partial charge in [-0.05, 0) is 35.4 Å². The number of hydrogen-bond acceptors (Lipinski definition) is 4. The van der Waals surface area contributed by atoms with Crippen molar-refractivity contribution in [3.63, 3.8) is 0 Å². The van der Waals surface area contributed by atoms with E-state index in [1.165, 1.54) is 36.4 Å². The molecule has 0 unspecified atom stereocenters. The number of aromatic nitrogens is 1. The Kier molecular flexibility index (Phi) is 4.49. The second-order valence-electron chi connectivity index (χ2n) is 5.70. The molecule has 1 heterocycles. The summed E-state index contributed by atoms with van der Waals surface area (Å²) >= 11 is 0. The minimum atomic E-state index is -4.67. The fraction of sp³-hybridized carbons (Fsp3) is 0.0526. The first-order chi connectivity index (χ1) is 12.7. The van der Waals surface area contributed by atoms with Crippen molar-refractivity contribution in [1.82, 2.24) is 4.98 Å². The van der Waals surface area contributed by atoms with E-state index in [-0.39, 0.29) is 28.1 Å². The quantitative estimate of drug-likeness (QED) is 0.625. The fourth-order valence-electron chi connectivity index (χ4n) is 2.61. The van der Waals surface area contributed by atoms with Crippen LogP contribution in [0.2, 0.25) is 0 Å². The number of rotatable bonds is 3. The highest BCUT2D eigenvalue weighted by Gasteiger charge is 2.34. The normalized spacial score (nSPS) is 11.4. The van der Waals surface area contributed by atoms with E-state index in [4.69, 9.17) is 5.11 Å². The monoisotopic (exact) mass is 375 g/mol. The topological polar surface area (TPSA) is 90.7 Å². The Hall–Kier alpha value is -3.55. The molecule has 0 aliphatic heterocycles. The van der Waals surface area contributed by atoms with Crippen LogP contribution in [-0.4, -0.2) is 26.3 Å². The first-order valence-electron chi connectivity index (χ1n) is 7.60. The Morgan fingerprint density at radius 2 is 1.56 bits per heavy atom. The number of aromatic carboxylic acids is 1. The predicted molar refractivity (Wildman–Crippen MR) is 90.4 cm³/mol. The number of aromatic hydroxyl groups is 2. The lowest BCUT2D eigenvalue weighted by atomic mass is 9.95. The number of phenolic OH excluding ortho intramolecular Hbond substituents is 1. The zero-order chi connectivity index (χ0) is 19.8. The van der Waals surface area contributed by atoms with Crippen molar-refractivity contribution in [1.29, 1.82) is 0 Å². The molecule has 0 fully saturated rings. The molecule has 138 valence electrons. The van der Waals surface area contributed by atoms with Crippen LogP contribution in [0, 0.1) is 0 Å². The maximum atomic E-state index is 13.6. The molecule has 1 aromatic heterocycles. The molecule has 0 amide bonds. The first kappa shape index (κ1) is 18.2. The highest BCUT2D eigenvalue weighted by atomic mass is 19.4. The van der Waals surface area contributed by atoms with Gasteiger partial charge in [0.15, 0.2) is 0 Å². The van der Waals surface area contributed by atoms with Crippen molar-refractivity contribution in [3.05, 3.63) is 65.9 Å². The Morgan fingerprint density at radius 1 is 0.926 bits per heavy atom. The molecule has 0 atom stereocenters. The standard InChI is InChI=1S/C19H12F3NO4/c20-19(21,22)15-7-11(16-8-14(18(26)27)17(25)9-23-16)3-6-13(15)10-1-4-12(24)5-2-10/h1-9,24-25H,(H,26,27). The summed E-state index contributed by atoms with van der Waals surface area (Å²) in [4.78, 5) is 14.9.